The molecule has 1 aromatic heterocycles. The Morgan fingerprint density at radius 3 is 2.60 bits per heavy atom. The molecule has 2 atom stereocenters. The molecule has 1 fully saturated rings. The van der Waals surface area contributed by atoms with Crippen LogP contribution >= 0.6 is 0 Å². The lowest BCUT2D eigenvalue weighted by Crippen LogP contribution is -2.10. The van der Waals surface area contributed by atoms with Gasteiger partial charge in [0.15, 0.2) is 0 Å². The van der Waals surface area contributed by atoms with E-state index in [4.69, 9.17) is 0 Å². The van der Waals surface area contributed by atoms with E-state index in [9.17, 15) is 0 Å². The fraction of sp³-hybridized carbons (Fsp3) is 0.636. The summed E-state index contributed by atoms with van der Waals surface area (Å²) < 4.78 is 0. The monoisotopic (exact) mass is 206 g/mol. The Morgan fingerprint density at radius 2 is 2.07 bits per heavy atom. The first-order chi connectivity index (χ1) is 7.26. The first-order valence-corrected chi connectivity index (χ1v) is 5.54. The van der Waals surface area contributed by atoms with E-state index in [0.717, 1.165) is 24.0 Å². The predicted octanol–water partition coefficient (Wildman–Crippen LogP) is 1.90. The summed E-state index contributed by atoms with van der Waals surface area (Å²) in [5.74, 6) is 2.71. The Kier molecular flexibility index (Phi) is 2.75. The van der Waals surface area contributed by atoms with Crippen LogP contribution in [0, 0.1) is 5.92 Å². The average Bonchev–Trinajstić information content (AvgIpc) is 2.94. The van der Waals surface area contributed by atoms with Gasteiger partial charge in [-0.15, -0.1) is 0 Å². The molecule has 0 aliphatic heterocycles. The van der Waals surface area contributed by atoms with Crippen molar-refractivity contribution in [3.8, 4) is 0 Å². The highest BCUT2D eigenvalue weighted by molar-refractivity contribution is 5.57. The van der Waals surface area contributed by atoms with E-state index in [1.54, 1.807) is 6.33 Å². The number of rotatable bonds is 4. The molecule has 1 aliphatic carbocycles. The lowest BCUT2D eigenvalue weighted by atomic mass is 10.2. The van der Waals surface area contributed by atoms with Gasteiger partial charge in [0.25, 0.3) is 0 Å². The van der Waals surface area contributed by atoms with E-state index in [1.165, 1.54) is 12.0 Å². The Hall–Kier alpha value is -1.32. The molecule has 0 amide bonds. The molecule has 0 bridgehead atoms. The zero-order valence-corrected chi connectivity index (χ0v) is 9.54. The predicted molar refractivity (Wildman–Crippen MR) is 62.1 cm³/mol. The van der Waals surface area contributed by atoms with Crippen molar-refractivity contribution in [3.05, 3.63) is 11.9 Å². The maximum atomic E-state index is 4.31. The maximum absolute atomic E-state index is 4.31. The van der Waals surface area contributed by atoms with Gasteiger partial charge in [0.1, 0.15) is 18.0 Å². The van der Waals surface area contributed by atoms with Crippen molar-refractivity contribution in [1.29, 1.82) is 0 Å². The van der Waals surface area contributed by atoms with Crippen LogP contribution in [-0.2, 0) is 6.42 Å². The van der Waals surface area contributed by atoms with E-state index in [0.29, 0.717) is 6.04 Å². The molecule has 4 heteroatoms. The average molecular weight is 206 g/mol. The zero-order chi connectivity index (χ0) is 10.8. The SMILES string of the molecule is CCc1c(NC)ncnc1NC1CC1C. The second-order valence-corrected chi connectivity index (χ2v) is 4.12. The van der Waals surface area contributed by atoms with E-state index >= 15 is 0 Å². The second kappa shape index (κ2) is 4.04. The van der Waals surface area contributed by atoms with E-state index in [-0.39, 0.29) is 0 Å². The van der Waals surface area contributed by atoms with Crippen LogP contribution in [0.3, 0.4) is 0 Å². The van der Waals surface area contributed by atoms with E-state index < -0.39 is 0 Å². The van der Waals surface area contributed by atoms with Crippen molar-refractivity contribution in [1.82, 2.24) is 9.97 Å². The van der Waals surface area contributed by atoms with E-state index in [1.807, 2.05) is 7.05 Å². The fourth-order valence-corrected chi connectivity index (χ4v) is 1.79. The zero-order valence-electron chi connectivity index (χ0n) is 9.54. The normalized spacial score (nSPS) is 23.7. The van der Waals surface area contributed by atoms with Crippen molar-refractivity contribution in [2.24, 2.45) is 5.92 Å². The van der Waals surface area contributed by atoms with Gasteiger partial charge in [0.05, 0.1) is 0 Å². The summed E-state index contributed by atoms with van der Waals surface area (Å²) >= 11 is 0. The molecule has 2 rings (SSSR count). The molecule has 0 spiro atoms. The van der Waals surface area contributed by atoms with Gasteiger partial charge in [-0.05, 0) is 18.8 Å². The third kappa shape index (κ3) is 2.03. The summed E-state index contributed by atoms with van der Waals surface area (Å²) in [6.07, 6.45) is 3.81. The van der Waals surface area contributed by atoms with Crippen LogP contribution in [0.25, 0.3) is 0 Å². The van der Waals surface area contributed by atoms with Gasteiger partial charge in [-0.1, -0.05) is 13.8 Å². The summed E-state index contributed by atoms with van der Waals surface area (Å²) in [7, 11) is 1.89. The summed E-state index contributed by atoms with van der Waals surface area (Å²) in [5, 5.41) is 6.57. The lowest BCUT2D eigenvalue weighted by molar-refractivity contribution is 0.914. The second-order valence-electron chi connectivity index (χ2n) is 4.12. The molecule has 0 radical (unpaired) electrons. The Balaban J connectivity index is 2.21. The number of hydrogen-bond donors (Lipinski definition) is 2. The third-order valence-corrected chi connectivity index (χ3v) is 2.97. The van der Waals surface area contributed by atoms with Crippen LogP contribution in [0.5, 0.6) is 0 Å². The molecule has 82 valence electrons. The third-order valence-electron chi connectivity index (χ3n) is 2.97. The summed E-state index contributed by atoms with van der Waals surface area (Å²) in [4.78, 5) is 8.52. The molecule has 1 heterocycles. The minimum Gasteiger partial charge on any atom is -0.373 e. The highest BCUT2D eigenvalue weighted by Crippen LogP contribution is 2.33. The largest absolute Gasteiger partial charge is 0.373 e. The van der Waals surface area contributed by atoms with E-state index in [2.05, 4.69) is 34.4 Å². The number of hydrogen-bond acceptors (Lipinski definition) is 4. The molecule has 1 aliphatic rings. The Bertz CT molecular complexity index is 350. The minimum absolute atomic E-state index is 0.606. The van der Waals surface area contributed by atoms with Crippen LogP contribution in [0.1, 0.15) is 25.8 Å². The summed E-state index contributed by atoms with van der Waals surface area (Å²) in [5.41, 5.74) is 1.18. The fourth-order valence-electron chi connectivity index (χ4n) is 1.79. The topological polar surface area (TPSA) is 49.8 Å². The molecule has 0 aromatic carbocycles. The Morgan fingerprint density at radius 1 is 1.40 bits per heavy atom. The van der Waals surface area contributed by atoms with Gasteiger partial charge in [-0.25, -0.2) is 9.97 Å². The Labute approximate surface area is 90.5 Å². The molecule has 0 saturated heterocycles. The van der Waals surface area contributed by atoms with Gasteiger partial charge in [-0.2, -0.15) is 0 Å². The first kappa shape index (κ1) is 10.2. The molecule has 2 N–H and O–H groups in total. The summed E-state index contributed by atoms with van der Waals surface area (Å²) in [6, 6.07) is 0.606. The molecule has 1 saturated carbocycles. The van der Waals surface area contributed by atoms with Crippen molar-refractivity contribution < 1.29 is 0 Å². The molecule has 15 heavy (non-hydrogen) atoms. The quantitative estimate of drug-likeness (QED) is 0.790. The summed E-state index contributed by atoms with van der Waals surface area (Å²) in [6.45, 7) is 4.38. The number of anilines is 2. The molecule has 2 unspecified atom stereocenters. The standard InChI is InChI=1S/C11H18N4/c1-4-8-10(12-3)13-6-14-11(8)15-9-5-7(9)2/h6-7,9H,4-5H2,1-3H3,(H2,12,13,14,15). The van der Waals surface area contributed by atoms with Crippen LogP contribution in [-0.4, -0.2) is 23.1 Å². The van der Waals surface area contributed by atoms with Crippen LogP contribution < -0.4 is 10.6 Å². The van der Waals surface area contributed by atoms with Gasteiger partial charge in [-0.3, -0.25) is 0 Å². The maximum Gasteiger partial charge on any atom is 0.134 e. The van der Waals surface area contributed by atoms with Gasteiger partial charge in [0, 0.05) is 18.7 Å². The molecule has 1 aromatic rings. The molecular weight excluding hydrogens is 188 g/mol. The van der Waals surface area contributed by atoms with Crippen LogP contribution in [0.2, 0.25) is 0 Å². The molecule has 4 nitrogen and oxygen atoms in total. The van der Waals surface area contributed by atoms with Crippen LogP contribution in [0.15, 0.2) is 6.33 Å². The van der Waals surface area contributed by atoms with Crippen molar-refractivity contribution in [2.75, 3.05) is 17.7 Å². The van der Waals surface area contributed by atoms with Gasteiger partial charge >= 0.3 is 0 Å². The number of aromatic nitrogens is 2. The van der Waals surface area contributed by atoms with Gasteiger partial charge in [0.2, 0.25) is 0 Å². The smallest absolute Gasteiger partial charge is 0.134 e. The van der Waals surface area contributed by atoms with Crippen LogP contribution in [0.4, 0.5) is 11.6 Å². The highest BCUT2D eigenvalue weighted by Gasteiger charge is 2.33. The van der Waals surface area contributed by atoms with Crippen molar-refractivity contribution in [2.45, 2.75) is 32.7 Å². The number of nitrogens with zero attached hydrogens (tertiary/aromatic N) is 2. The highest BCUT2D eigenvalue weighted by atomic mass is 15.1. The lowest BCUT2D eigenvalue weighted by Gasteiger charge is -2.12. The minimum atomic E-state index is 0.606. The molecular formula is C11H18N4. The number of nitrogens with one attached hydrogen (secondary N) is 2. The van der Waals surface area contributed by atoms with Crippen molar-refractivity contribution in [3.63, 3.8) is 0 Å². The van der Waals surface area contributed by atoms with Gasteiger partial charge < -0.3 is 10.6 Å². The van der Waals surface area contributed by atoms with Crippen molar-refractivity contribution >= 4 is 11.6 Å². The first-order valence-electron chi connectivity index (χ1n) is 5.54.